The molecule has 21 heavy (non-hydrogen) atoms. The highest BCUT2D eigenvalue weighted by atomic mass is 32.2. The Morgan fingerprint density at radius 1 is 1.19 bits per heavy atom. The van der Waals surface area contributed by atoms with Crippen LogP contribution < -0.4 is 4.74 Å². The van der Waals surface area contributed by atoms with Gasteiger partial charge in [0.05, 0.1) is 6.10 Å². The van der Waals surface area contributed by atoms with Crippen molar-refractivity contribution >= 4 is 11.8 Å². The molecule has 0 saturated heterocycles. The van der Waals surface area contributed by atoms with Crippen LogP contribution in [0, 0.1) is 6.92 Å². The summed E-state index contributed by atoms with van der Waals surface area (Å²) in [4.78, 5) is 8.38. The second kappa shape index (κ2) is 8.00. The number of benzene rings is 1. The Bertz CT molecular complexity index is 543. The topological polar surface area (TPSA) is 55.2 Å². The molecular formula is C16H20N2O2S. The molecule has 112 valence electrons. The van der Waals surface area contributed by atoms with Crippen LogP contribution >= 0.6 is 11.8 Å². The summed E-state index contributed by atoms with van der Waals surface area (Å²) in [7, 11) is 0. The fourth-order valence-corrected chi connectivity index (χ4v) is 2.38. The fraction of sp³-hybridized carbons (Fsp3) is 0.375. The van der Waals surface area contributed by atoms with Gasteiger partial charge in [-0.25, -0.2) is 9.97 Å². The number of nitrogens with zero attached hydrogens (tertiary/aromatic N) is 2. The van der Waals surface area contributed by atoms with Crippen molar-refractivity contribution in [3.63, 3.8) is 0 Å². The first kappa shape index (κ1) is 15.8. The van der Waals surface area contributed by atoms with Gasteiger partial charge in [-0.15, -0.1) is 0 Å². The van der Waals surface area contributed by atoms with Crippen LogP contribution in [-0.2, 0) is 6.42 Å². The standard InChI is InChI=1S/C16H20N2O2S/c1-3-13-4-6-15(7-5-13)20-10-14(19)11-21-16-17-8-12(2)9-18-16/h4-9,14,19H,3,10-11H2,1-2H3. The summed E-state index contributed by atoms with van der Waals surface area (Å²) in [6, 6.07) is 7.94. The van der Waals surface area contributed by atoms with E-state index in [1.54, 1.807) is 12.4 Å². The molecule has 0 fully saturated rings. The van der Waals surface area contributed by atoms with Gasteiger partial charge in [-0.2, -0.15) is 0 Å². The highest BCUT2D eigenvalue weighted by Gasteiger charge is 2.08. The summed E-state index contributed by atoms with van der Waals surface area (Å²) < 4.78 is 5.57. The Labute approximate surface area is 129 Å². The van der Waals surface area contributed by atoms with E-state index in [-0.39, 0.29) is 6.61 Å². The van der Waals surface area contributed by atoms with Crippen molar-refractivity contribution in [3.8, 4) is 5.75 Å². The van der Waals surface area contributed by atoms with Crippen molar-refractivity contribution in [3.05, 3.63) is 47.8 Å². The summed E-state index contributed by atoms with van der Waals surface area (Å²) in [6.07, 6.45) is 4.00. The van der Waals surface area contributed by atoms with E-state index < -0.39 is 6.10 Å². The molecule has 5 heteroatoms. The largest absolute Gasteiger partial charge is 0.491 e. The zero-order valence-corrected chi connectivity index (χ0v) is 13.1. The van der Waals surface area contributed by atoms with Gasteiger partial charge in [0, 0.05) is 18.1 Å². The van der Waals surface area contributed by atoms with Crippen molar-refractivity contribution in [1.82, 2.24) is 9.97 Å². The zero-order chi connectivity index (χ0) is 15.1. The lowest BCUT2D eigenvalue weighted by Gasteiger charge is -2.12. The molecule has 1 heterocycles. The number of hydrogen-bond acceptors (Lipinski definition) is 5. The van der Waals surface area contributed by atoms with Crippen LogP contribution in [0.2, 0.25) is 0 Å². The first-order valence-electron chi connectivity index (χ1n) is 6.98. The number of aliphatic hydroxyl groups excluding tert-OH is 1. The van der Waals surface area contributed by atoms with Crippen molar-refractivity contribution in [1.29, 1.82) is 0 Å². The van der Waals surface area contributed by atoms with Crippen LogP contribution in [0.15, 0.2) is 41.8 Å². The minimum atomic E-state index is -0.550. The number of ether oxygens (including phenoxy) is 1. The van der Waals surface area contributed by atoms with Crippen LogP contribution in [0.1, 0.15) is 18.1 Å². The minimum absolute atomic E-state index is 0.268. The molecule has 1 aromatic heterocycles. The maximum Gasteiger partial charge on any atom is 0.187 e. The van der Waals surface area contributed by atoms with Gasteiger partial charge in [0.1, 0.15) is 12.4 Å². The molecule has 1 aromatic carbocycles. The Morgan fingerprint density at radius 3 is 2.48 bits per heavy atom. The Hall–Kier alpha value is -1.59. The predicted molar refractivity (Wildman–Crippen MR) is 84.8 cm³/mol. The normalized spacial score (nSPS) is 12.1. The Balaban J connectivity index is 1.73. The maximum atomic E-state index is 9.93. The molecule has 2 aromatic rings. The summed E-state index contributed by atoms with van der Waals surface area (Å²) in [5.74, 6) is 1.29. The molecule has 4 nitrogen and oxygen atoms in total. The summed E-state index contributed by atoms with van der Waals surface area (Å²) in [5.41, 5.74) is 2.30. The molecule has 0 aliphatic rings. The molecule has 1 unspecified atom stereocenters. The van der Waals surface area contributed by atoms with E-state index in [4.69, 9.17) is 4.74 Å². The number of aromatic nitrogens is 2. The van der Waals surface area contributed by atoms with Crippen LogP contribution in [0.4, 0.5) is 0 Å². The molecule has 2 rings (SSSR count). The van der Waals surface area contributed by atoms with Crippen LogP contribution in [0.3, 0.4) is 0 Å². The van der Waals surface area contributed by atoms with E-state index in [2.05, 4.69) is 16.9 Å². The Morgan fingerprint density at radius 2 is 1.86 bits per heavy atom. The van der Waals surface area contributed by atoms with Crippen molar-refractivity contribution in [2.45, 2.75) is 31.5 Å². The SMILES string of the molecule is CCc1ccc(OCC(O)CSc2ncc(C)cn2)cc1. The predicted octanol–water partition coefficient (Wildman–Crippen LogP) is 2.88. The lowest BCUT2D eigenvalue weighted by molar-refractivity contribution is 0.126. The van der Waals surface area contributed by atoms with Gasteiger partial charge < -0.3 is 9.84 Å². The molecular weight excluding hydrogens is 284 g/mol. The number of aryl methyl sites for hydroxylation is 2. The van der Waals surface area contributed by atoms with E-state index in [0.29, 0.717) is 10.9 Å². The minimum Gasteiger partial charge on any atom is -0.491 e. The first-order chi connectivity index (χ1) is 10.2. The van der Waals surface area contributed by atoms with Gasteiger partial charge in [-0.1, -0.05) is 30.8 Å². The van der Waals surface area contributed by atoms with Gasteiger partial charge in [-0.05, 0) is 36.6 Å². The molecule has 0 aliphatic carbocycles. The number of rotatable bonds is 7. The second-order valence-electron chi connectivity index (χ2n) is 4.82. The lowest BCUT2D eigenvalue weighted by atomic mass is 10.2. The summed E-state index contributed by atoms with van der Waals surface area (Å²) >= 11 is 1.43. The van der Waals surface area contributed by atoms with E-state index in [1.807, 2.05) is 31.2 Å². The van der Waals surface area contributed by atoms with E-state index in [9.17, 15) is 5.11 Å². The van der Waals surface area contributed by atoms with Crippen LogP contribution in [0.25, 0.3) is 0 Å². The third kappa shape index (κ3) is 5.36. The quantitative estimate of drug-likeness (QED) is 0.629. The molecule has 1 atom stereocenters. The molecule has 0 bridgehead atoms. The number of hydrogen-bond donors (Lipinski definition) is 1. The van der Waals surface area contributed by atoms with Crippen molar-refractivity contribution in [2.75, 3.05) is 12.4 Å². The molecule has 0 amide bonds. The van der Waals surface area contributed by atoms with Crippen LogP contribution in [-0.4, -0.2) is 33.5 Å². The molecule has 0 aliphatic heterocycles. The molecule has 0 radical (unpaired) electrons. The summed E-state index contributed by atoms with van der Waals surface area (Å²) in [5, 5.41) is 10.6. The zero-order valence-electron chi connectivity index (χ0n) is 12.3. The average Bonchev–Trinajstić information content (AvgIpc) is 2.53. The monoisotopic (exact) mass is 304 g/mol. The van der Waals surface area contributed by atoms with Crippen molar-refractivity contribution < 1.29 is 9.84 Å². The molecule has 1 N–H and O–H groups in total. The highest BCUT2D eigenvalue weighted by molar-refractivity contribution is 7.99. The number of aliphatic hydroxyl groups is 1. The van der Waals surface area contributed by atoms with Gasteiger partial charge in [0.15, 0.2) is 5.16 Å². The van der Waals surface area contributed by atoms with Crippen LogP contribution in [0.5, 0.6) is 5.75 Å². The van der Waals surface area contributed by atoms with E-state index in [0.717, 1.165) is 17.7 Å². The average molecular weight is 304 g/mol. The smallest absolute Gasteiger partial charge is 0.187 e. The van der Waals surface area contributed by atoms with Gasteiger partial charge in [0.2, 0.25) is 0 Å². The first-order valence-corrected chi connectivity index (χ1v) is 7.97. The van der Waals surface area contributed by atoms with Gasteiger partial charge in [0.25, 0.3) is 0 Å². The van der Waals surface area contributed by atoms with Gasteiger partial charge >= 0.3 is 0 Å². The number of thioether (sulfide) groups is 1. The third-order valence-electron chi connectivity index (χ3n) is 2.94. The van der Waals surface area contributed by atoms with Gasteiger partial charge in [-0.3, -0.25) is 0 Å². The van der Waals surface area contributed by atoms with E-state index >= 15 is 0 Å². The molecule has 0 saturated carbocycles. The maximum absolute atomic E-state index is 9.93. The Kier molecular flexibility index (Phi) is 6.02. The van der Waals surface area contributed by atoms with Crippen molar-refractivity contribution in [2.24, 2.45) is 0 Å². The lowest BCUT2D eigenvalue weighted by Crippen LogP contribution is -2.20. The van der Waals surface area contributed by atoms with E-state index in [1.165, 1.54) is 17.3 Å². The second-order valence-corrected chi connectivity index (χ2v) is 5.80. The summed E-state index contributed by atoms with van der Waals surface area (Å²) in [6.45, 7) is 4.33. The third-order valence-corrected chi connectivity index (χ3v) is 3.96. The fourth-order valence-electron chi connectivity index (χ4n) is 1.69. The highest BCUT2D eigenvalue weighted by Crippen LogP contribution is 2.16. The molecule has 0 spiro atoms.